The van der Waals surface area contributed by atoms with Crippen LogP contribution in [0.2, 0.25) is 0 Å². The van der Waals surface area contributed by atoms with E-state index in [-0.39, 0.29) is 17.2 Å². The normalized spacial score (nSPS) is 18.9. The molecular weight excluding hydrogens is 340 g/mol. The van der Waals surface area contributed by atoms with Gasteiger partial charge in [0.1, 0.15) is 0 Å². The van der Waals surface area contributed by atoms with Crippen molar-refractivity contribution in [2.24, 2.45) is 5.92 Å². The van der Waals surface area contributed by atoms with Crippen molar-refractivity contribution < 1.29 is 4.79 Å². The summed E-state index contributed by atoms with van der Waals surface area (Å²) in [6, 6.07) is 11.2. The van der Waals surface area contributed by atoms with Crippen molar-refractivity contribution in [3.8, 4) is 5.69 Å². The molecule has 1 saturated heterocycles. The van der Waals surface area contributed by atoms with Crippen LogP contribution in [0.4, 0.5) is 0 Å². The Balaban J connectivity index is 1.72. The molecule has 0 aliphatic carbocycles. The highest BCUT2D eigenvalue weighted by molar-refractivity contribution is 5.92. The van der Waals surface area contributed by atoms with Gasteiger partial charge in [0.2, 0.25) is 5.43 Å². The molecule has 1 aliphatic heterocycles. The van der Waals surface area contributed by atoms with E-state index >= 15 is 0 Å². The zero-order chi connectivity index (χ0) is 19.4. The van der Waals surface area contributed by atoms with Crippen molar-refractivity contribution in [1.29, 1.82) is 0 Å². The average molecular weight is 368 g/mol. The number of aryl methyl sites for hydroxylation is 1. The Hall–Kier alpha value is -2.47. The average Bonchev–Trinajstić information content (AvgIpc) is 2.66. The number of piperidine rings is 1. The second-order valence-electron chi connectivity index (χ2n) is 7.55. The summed E-state index contributed by atoms with van der Waals surface area (Å²) in [5.74, 6) is 0.273. The van der Waals surface area contributed by atoms with Gasteiger partial charge >= 0.3 is 0 Å². The first-order valence-corrected chi connectivity index (χ1v) is 9.64. The lowest BCUT2D eigenvalue weighted by Gasteiger charge is -2.35. The van der Waals surface area contributed by atoms with Crippen LogP contribution in [0.3, 0.4) is 0 Å². The summed E-state index contributed by atoms with van der Waals surface area (Å²) in [5, 5.41) is 7.22. The van der Waals surface area contributed by atoms with Crippen LogP contribution < -0.4 is 10.7 Å². The van der Waals surface area contributed by atoms with Crippen molar-refractivity contribution in [3.63, 3.8) is 0 Å². The molecule has 6 heteroatoms. The molecule has 6 nitrogen and oxygen atoms in total. The zero-order valence-corrected chi connectivity index (χ0v) is 16.3. The van der Waals surface area contributed by atoms with Crippen molar-refractivity contribution in [2.45, 2.75) is 39.7 Å². The van der Waals surface area contributed by atoms with Crippen LogP contribution in [0.1, 0.15) is 42.9 Å². The third kappa shape index (κ3) is 4.63. The number of amides is 1. The van der Waals surface area contributed by atoms with Crippen LogP contribution in [0.15, 0.2) is 41.2 Å². The Kier molecular flexibility index (Phi) is 6.06. The molecule has 1 fully saturated rings. The summed E-state index contributed by atoms with van der Waals surface area (Å²) in [7, 11) is 0. The molecule has 0 spiro atoms. The lowest BCUT2D eigenvalue weighted by Crippen LogP contribution is -2.47. The Morgan fingerprint density at radius 2 is 2.07 bits per heavy atom. The predicted molar refractivity (Wildman–Crippen MR) is 106 cm³/mol. The first-order chi connectivity index (χ1) is 13.0. The third-order valence-corrected chi connectivity index (χ3v) is 5.19. The number of aromatic nitrogens is 2. The second kappa shape index (κ2) is 8.48. The lowest BCUT2D eigenvalue weighted by molar-refractivity contribution is 0.0910. The largest absolute Gasteiger partial charge is 0.349 e. The Morgan fingerprint density at radius 1 is 1.33 bits per heavy atom. The maximum absolute atomic E-state index is 12.6. The standard InChI is InChI=1S/C21H28N4O2/c1-15-8-7-11-24(14-15)17(3)13-22-21(27)20-19(26)12-16(2)25(23-20)18-9-5-4-6-10-18/h4-6,9-10,12,15,17H,7-8,11,13-14H2,1-3H3,(H,22,27)/t15-,17-/m0/s1. The number of nitrogens with one attached hydrogen (secondary N) is 1. The highest BCUT2D eigenvalue weighted by Gasteiger charge is 2.22. The molecule has 3 rings (SSSR count). The van der Waals surface area contributed by atoms with E-state index in [2.05, 4.69) is 29.2 Å². The summed E-state index contributed by atoms with van der Waals surface area (Å²) in [5.41, 5.74) is 1.10. The van der Waals surface area contributed by atoms with E-state index in [1.807, 2.05) is 37.3 Å². The number of nitrogens with zero attached hydrogens (tertiary/aromatic N) is 3. The van der Waals surface area contributed by atoms with Gasteiger partial charge in [0.15, 0.2) is 5.69 Å². The second-order valence-corrected chi connectivity index (χ2v) is 7.55. The number of carbonyl (C=O) groups excluding carboxylic acids is 1. The quantitative estimate of drug-likeness (QED) is 0.880. The highest BCUT2D eigenvalue weighted by Crippen LogP contribution is 2.17. The Bertz CT molecular complexity index is 847. The fourth-order valence-electron chi connectivity index (χ4n) is 3.61. The fraction of sp³-hybridized carbons (Fsp3) is 0.476. The van der Waals surface area contributed by atoms with Crippen LogP contribution in [-0.4, -0.2) is 46.3 Å². The monoisotopic (exact) mass is 368 g/mol. The van der Waals surface area contributed by atoms with Gasteiger partial charge in [-0.05, 0) is 51.3 Å². The van der Waals surface area contributed by atoms with Gasteiger partial charge in [0, 0.05) is 30.9 Å². The molecule has 1 N–H and O–H groups in total. The number of benzene rings is 1. The molecular formula is C21H28N4O2. The summed E-state index contributed by atoms with van der Waals surface area (Å²) >= 11 is 0. The minimum atomic E-state index is -0.415. The van der Waals surface area contributed by atoms with E-state index in [0.717, 1.165) is 18.8 Å². The first kappa shape index (κ1) is 19.3. The third-order valence-electron chi connectivity index (χ3n) is 5.19. The van der Waals surface area contributed by atoms with Gasteiger partial charge in [0.05, 0.1) is 5.69 Å². The molecule has 0 bridgehead atoms. The number of para-hydroxylation sites is 1. The van der Waals surface area contributed by atoms with Crippen LogP contribution in [0, 0.1) is 12.8 Å². The highest BCUT2D eigenvalue weighted by atomic mass is 16.2. The molecule has 1 aliphatic rings. The zero-order valence-electron chi connectivity index (χ0n) is 16.3. The van der Waals surface area contributed by atoms with E-state index in [0.29, 0.717) is 18.2 Å². The molecule has 144 valence electrons. The lowest BCUT2D eigenvalue weighted by atomic mass is 9.99. The van der Waals surface area contributed by atoms with E-state index in [1.165, 1.54) is 18.9 Å². The molecule has 1 aromatic heterocycles. The number of rotatable bonds is 5. The molecule has 0 unspecified atom stereocenters. The van der Waals surface area contributed by atoms with Gasteiger partial charge in [0.25, 0.3) is 5.91 Å². The molecule has 2 aromatic rings. The van der Waals surface area contributed by atoms with Gasteiger partial charge in [-0.2, -0.15) is 5.10 Å². The van der Waals surface area contributed by atoms with E-state index < -0.39 is 5.91 Å². The van der Waals surface area contributed by atoms with Crippen LogP contribution in [0.25, 0.3) is 5.69 Å². The molecule has 2 heterocycles. The molecule has 27 heavy (non-hydrogen) atoms. The van der Waals surface area contributed by atoms with Crippen molar-refractivity contribution >= 4 is 5.91 Å². The topological polar surface area (TPSA) is 67.2 Å². The van der Waals surface area contributed by atoms with Crippen LogP contribution >= 0.6 is 0 Å². The number of hydrogen-bond donors (Lipinski definition) is 1. The van der Waals surface area contributed by atoms with E-state index in [9.17, 15) is 9.59 Å². The maximum atomic E-state index is 12.6. The summed E-state index contributed by atoms with van der Waals surface area (Å²) in [6.45, 7) is 8.81. The molecule has 2 atom stereocenters. The van der Waals surface area contributed by atoms with Gasteiger partial charge in [-0.1, -0.05) is 25.1 Å². The van der Waals surface area contributed by atoms with E-state index in [4.69, 9.17) is 0 Å². The summed E-state index contributed by atoms with van der Waals surface area (Å²) < 4.78 is 1.63. The fourth-order valence-corrected chi connectivity index (χ4v) is 3.61. The minimum Gasteiger partial charge on any atom is -0.349 e. The number of likely N-dealkylation sites (tertiary alicyclic amines) is 1. The van der Waals surface area contributed by atoms with Gasteiger partial charge < -0.3 is 5.32 Å². The Labute approximate surface area is 160 Å². The van der Waals surface area contributed by atoms with Crippen LogP contribution in [0.5, 0.6) is 0 Å². The maximum Gasteiger partial charge on any atom is 0.275 e. The van der Waals surface area contributed by atoms with Crippen LogP contribution in [-0.2, 0) is 0 Å². The first-order valence-electron chi connectivity index (χ1n) is 9.64. The Morgan fingerprint density at radius 3 is 2.78 bits per heavy atom. The summed E-state index contributed by atoms with van der Waals surface area (Å²) in [4.78, 5) is 27.3. The molecule has 0 saturated carbocycles. The molecule has 0 radical (unpaired) electrons. The van der Waals surface area contributed by atoms with Crippen molar-refractivity contribution in [1.82, 2.24) is 20.0 Å². The SMILES string of the molecule is Cc1cc(=O)c(C(=O)NC[C@H](C)N2CCC[C@H](C)C2)nn1-c1ccccc1. The van der Waals surface area contributed by atoms with Gasteiger partial charge in [-0.3, -0.25) is 14.5 Å². The van der Waals surface area contributed by atoms with Gasteiger partial charge in [-0.25, -0.2) is 4.68 Å². The smallest absolute Gasteiger partial charge is 0.275 e. The number of hydrogen-bond acceptors (Lipinski definition) is 4. The van der Waals surface area contributed by atoms with Gasteiger partial charge in [-0.15, -0.1) is 0 Å². The van der Waals surface area contributed by atoms with E-state index in [1.54, 1.807) is 4.68 Å². The van der Waals surface area contributed by atoms with Crippen molar-refractivity contribution in [2.75, 3.05) is 19.6 Å². The summed E-state index contributed by atoms with van der Waals surface area (Å²) in [6.07, 6.45) is 2.46. The van der Waals surface area contributed by atoms with Crippen molar-refractivity contribution in [3.05, 3.63) is 58.0 Å². The minimum absolute atomic E-state index is 0.0661. The number of carbonyl (C=O) groups is 1. The molecule has 1 amide bonds. The predicted octanol–water partition coefficient (Wildman–Crippen LogP) is 2.39. The molecule has 1 aromatic carbocycles.